The van der Waals surface area contributed by atoms with Gasteiger partial charge in [-0.15, -0.1) is 0 Å². The maximum atomic E-state index is 11.7. The summed E-state index contributed by atoms with van der Waals surface area (Å²) >= 11 is 5.98. The lowest BCUT2D eigenvalue weighted by molar-refractivity contribution is -0.123. The van der Waals surface area contributed by atoms with E-state index in [1.807, 2.05) is 0 Å². The van der Waals surface area contributed by atoms with Crippen LogP contribution in [0.5, 0.6) is 5.75 Å². The summed E-state index contributed by atoms with van der Waals surface area (Å²) in [5.41, 5.74) is -0.487. The van der Waals surface area contributed by atoms with Gasteiger partial charge in [0.05, 0.1) is 12.1 Å². The fourth-order valence-electron chi connectivity index (χ4n) is 1.72. The zero-order chi connectivity index (χ0) is 12.6. The zero-order valence-corrected chi connectivity index (χ0v) is 10.1. The number of methoxy groups -OCH3 is 1. The molecule has 0 bridgehead atoms. The lowest BCUT2D eigenvalue weighted by Crippen LogP contribution is -2.40. The van der Waals surface area contributed by atoms with Crippen molar-refractivity contribution in [2.45, 2.75) is 12.5 Å². The summed E-state index contributed by atoms with van der Waals surface area (Å²) < 4.78 is 5.02. The topological polar surface area (TPSA) is 67.4 Å². The van der Waals surface area contributed by atoms with Crippen LogP contribution in [0.3, 0.4) is 0 Å². The second kappa shape index (κ2) is 3.92. The van der Waals surface area contributed by atoms with Crippen molar-refractivity contribution >= 4 is 23.5 Å². The van der Waals surface area contributed by atoms with Crippen molar-refractivity contribution in [3.63, 3.8) is 0 Å². The monoisotopic (exact) mass is 254 g/mol. The zero-order valence-electron chi connectivity index (χ0n) is 9.33. The Morgan fingerprint density at radius 1 is 1.35 bits per heavy atom. The highest BCUT2D eigenvalue weighted by molar-refractivity contribution is 6.32. The number of nitrogens with one attached hydrogen (secondary N) is 2. The van der Waals surface area contributed by atoms with E-state index in [4.69, 9.17) is 16.3 Å². The lowest BCUT2D eigenvalue weighted by atomic mass is 9.92. The van der Waals surface area contributed by atoms with Crippen molar-refractivity contribution in [3.8, 4) is 5.75 Å². The van der Waals surface area contributed by atoms with Gasteiger partial charge in [-0.05, 0) is 24.6 Å². The molecule has 1 fully saturated rings. The minimum absolute atomic E-state index is 0.389. The highest BCUT2D eigenvalue weighted by atomic mass is 35.5. The van der Waals surface area contributed by atoms with Crippen molar-refractivity contribution in [2.75, 3.05) is 7.11 Å². The fourth-order valence-corrected chi connectivity index (χ4v) is 1.98. The first-order valence-electron chi connectivity index (χ1n) is 4.95. The Hall–Kier alpha value is -1.75. The first kappa shape index (κ1) is 11.7. The first-order chi connectivity index (χ1) is 7.97. The third-order valence-electron chi connectivity index (χ3n) is 2.77. The van der Waals surface area contributed by atoms with Gasteiger partial charge in [-0.25, -0.2) is 4.79 Å². The van der Waals surface area contributed by atoms with Crippen LogP contribution in [0.1, 0.15) is 12.5 Å². The molecule has 0 saturated carbocycles. The Balaban J connectivity index is 2.44. The molecule has 1 saturated heterocycles. The molecule has 1 aromatic rings. The minimum atomic E-state index is -1.09. The van der Waals surface area contributed by atoms with E-state index in [1.54, 1.807) is 25.1 Å². The number of hydrogen-bond donors (Lipinski definition) is 2. The van der Waals surface area contributed by atoms with Gasteiger partial charge in [-0.2, -0.15) is 0 Å². The fraction of sp³-hybridized carbons (Fsp3) is 0.273. The van der Waals surface area contributed by atoms with Crippen LogP contribution >= 0.6 is 11.6 Å². The van der Waals surface area contributed by atoms with Crippen LogP contribution < -0.4 is 15.4 Å². The Labute approximate surface area is 103 Å². The van der Waals surface area contributed by atoms with E-state index in [9.17, 15) is 9.59 Å². The van der Waals surface area contributed by atoms with Gasteiger partial charge in [0.1, 0.15) is 11.3 Å². The average Bonchev–Trinajstić information content (AvgIpc) is 2.53. The largest absolute Gasteiger partial charge is 0.495 e. The number of carbonyl (C=O) groups is 2. The molecule has 1 aliphatic heterocycles. The van der Waals surface area contributed by atoms with Crippen LogP contribution in [-0.4, -0.2) is 19.0 Å². The van der Waals surface area contributed by atoms with E-state index in [0.29, 0.717) is 16.3 Å². The predicted octanol–water partition coefficient (Wildman–Crippen LogP) is 1.40. The number of urea groups is 1. The summed E-state index contributed by atoms with van der Waals surface area (Å²) in [5.74, 6) is 0.118. The van der Waals surface area contributed by atoms with E-state index < -0.39 is 17.5 Å². The lowest BCUT2D eigenvalue weighted by Gasteiger charge is -2.21. The molecule has 0 aromatic heterocycles. The summed E-state index contributed by atoms with van der Waals surface area (Å²) in [6.07, 6.45) is 0. The van der Waals surface area contributed by atoms with Gasteiger partial charge in [-0.3, -0.25) is 10.1 Å². The number of carbonyl (C=O) groups excluding carboxylic acids is 2. The minimum Gasteiger partial charge on any atom is -0.495 e. The van der Waals surface area contributed by atoms with Crippen molar-refractivity contribution < 1.29 is 14.3 Å². The number of rotatable bonds is 2. The molecule has 90 valence electrons. The van der Waals surface area contributed by atoms with Crippen molar-refractivity contribution in [1.29, 1.82) is 0 Å². The molecule has 6 heteroatoms. The van der Waals surface area contributed by atoms with E-state index in [0.717, 1.165) is 0 Å². The molecule has 1 heterocycles. The molecule has 1 aliphatic rings. The van der Waals surface area contributed by atoms with Crippen molar-refractivity contribution in [3.05, 3.63) is 28.8 Å². The molecule has 2 N–H and O–H groups in total. The summed E-state index contributed by atoms with van der Waals surface area (Å²) in [6.45, 7) is 1.62. The van der Waals surface area contributed by atoms with Crippen LogP contribution in [-0.2, 0) is 10.3 Å². The molecule has 0 radical (unpaired) electrons. The second-order valence-corrected chi connectivity index (χ2v) is 4.29. The van der Waals surface area contributed by atoms with Crippen LogP contribution in [0, 0.1) is 0 Å². The van der Waals surface area contributed by atoms with E-state index in [2.05, 4.69) is 10.6 Å². The molecule has 2 rings (SSSR count). The molecule has 1 unspecified atom stereocenters. The van der Waals surface area contributed by atoms with E-state index in [1.165, 1.54) is 7.11 Å². The Kier molecular flexibility index (Phi) is 2.71. The Bertz CT molecular complexity index is 503. The number of hydrogen-bond acceptors (Lipinski definition) is 3. The number of imide groups is 1. The highest BCUT2D eigenvalue weighted by Gasteiger charge is 2.43. The van der Waals surface area contributed by atoms with Crippen molar-refractivity contribution in [1.82, 2.24) is 10.6 Å². The van der Waals surface area contributed by atoms with Crippen LogP contribution in [0.4, 0.5) is 4.79 Å². The number of ether oxygens (including phenoxy) is 1. The number of halogens is 1. The van der Waals surface area contributed by atoms with Crippen LogP contribution in [0.2, 0.25) is 5.02 Å². The Morgan fingerprint density at radius 3 is 2.53 bits per heavy atom. The molecular formula is C11H11ClN2O3. The van der Waals surface area contributed by atoms with Gasteiger partial charge in [0.2, 0.25) is 0 Å². The maximum Gasteiger partial charge on any atom is 0.322 e. The quantitative estimate of drug-likeness (QED) is 0.784. The summed E-state index contributed by atoms with van der Waals surface area (Å²) in [7, 11) is 1.51. The van der Waals surface area contributed by atoms with E-state index >= 15 is 0 Å². The third kappa shape index (κ3) is 1.82. The smallest absolute Gasteiger partial charge is 0.322 e. The molecule has 5 nitrogen and oxygen atoms in total. The van der Waals surface area contributed by atoms with E-state index in [-0.39, 0.29) is 0 Å². The van der Waals surface area contributed by atoms with Gasteiger partial charge in [0.15, 0.2) is 0 Å². The SMILES string of the molecule is COc1ccc(C2(C)NC(=O)NC2=O)cc1Cl. The van der Waals surface area contributed by atoms with Gasteiger partial charge in [-0.1, -0.05) is 17.7 Å². The van der Waals surface area contributed by atoms with Crippen molar-refractivity contribution in [2.24, 2.45) is 0 Å². The second-order valence-electron chi connectivity index (χ2n) is 3.88. The first-order valence-corrected chi connectivity index (χ1v) is 5.33. The molecule has 1 aromatic carbocycles. The van der Waals surface area contributed by atoms with Crippen LogP contribution in [0.15, 0.2) is 18.2 Å². The third-order valence-corrected chi connectivity index (χ3v) is 3.07. The number of benzene rings is 1. The van der Waals surface area contributed by atoms with Gasteiger partial charge < -0.3 is 10.1 Å². The van der Waals surface area contributed by atoms with Gasteiger partial charge in [0, 0.05) is 0 Å². The molecular weight excluding hydrogens is 244 g/mol. The average molecular weight is 255 g/mol. The molecule has 0 aliphatic carbocycles. The maximum absolute atomic E-state index is 11.7. The van der Waals surface area contributed by atoms with Crippen LogP contribution in [0.25, 0.3) is 0 Å². The standard InChI is InChI=1S/C11H11ClN2O3/c1-11(9(15)13-10(16)14-11)6-3-4-8(17-2)7(12)5-6/h3-5H,1-2H3,(H2,13,14,15,16). The Morgan fingerprint density at radius 2 is 2.06 bits per heavy atom. The van der Waals surface area contributed by atoms with Gasteiger partial charge in [0.25, 0.3) is 5.91 Å². The number of amides is 3. The summed E-state index contributed by atoms with van der Waals surface area (Å²) in [5, 5.41) is 5.14. The molecule has 0 spiro atoms. The predicted molar refractivity (Wildman–Crippen MR) is 62.0 cm³/mol. The normalized spacial score (nSPS) is 23.2. The summed E-state index contributed by atoms with van der Waals surface area (Å²) in [6, 6.07) is 4.44. The molecule has 1 atom stereocenters. The molecule has 3 amide bonds. The highest BCUT2D eigenvalue weighted by Crippen LogP contribution is 2.31. The molecule has 17 heavy (non-hydrogen) atoms. The summed E-state index contributed by atoms with van der Waals surface area (Å²) in [4.78, 5) is 22.9. The van der Waals surface area contributed by atoms with Gasteiger partial charge >= 0.3 is 6.03 Å².